The Morgan fingerprint density at radius 2 is 2.20 bits per heavy atom. The molecule has 1 aliphatic rings. The van der Waals surface area contributed by atoms with Gasteiger partial charge in [0.05, 0.1) is 6.54 Å². The zero-order valence-corrected chi connectivity index (χ0v) is 8.59. The Kier molecular flexibility index (Phi) is 4.74. The summed E-state index contributed by atoms with van der Waals surface area (Å²) in [5.74, 6) is 0. The van der Waals surface area contributed by atoms with Gasteiger partial charge in [-0.1, -0.05) is 0 Å². The molecule has 0 unspecified atom stereocenters. The number of nitrogens with zero attached hydrogens (tertiary/aromatic N) is 1. The molecule has 0 aromatic carbocycles. The molecule has 15 heavy (non-hydrogen) atoms. The minimum Gasteiger partial charge on any atom is -0.335 e. The van der Waals surface area contributed by atoms with E-state index in [0.717, 1.165) is 24.2 Å². The number of nitrogens with one attached hydrogen (secondary N) is 1. The van der Waals surface area contributed by atoms with Gasteiger partial charge in [0.2, 0.25) is 0 Å². The van der Waals surface area contributed by atoms with Gasteiger partial charge < -0.3 is 16.0 Å². The van der Waals surface area contributed by atoms with Crippen molar-refractivity contribution in [2.45, 2.75) is 31.7 Å². The predicted molar refractivity (Wildman–Crippen MR) is 52.8 cm³/mol. The van der Waals surface area contributed by atoms with Crippen molar-refractivity contribution in [2.75, 3.05) is 19.6 Å². The normalized spacial score (nSPS) is 16.3. The Bertz CT molecular complexity index is 210. The zero-order chi connectivity index (χ0) is 11.3. The van der Waals surface area contributed by atoms with Gasteiger partial charge in [-0.3, -0.25) is 0 Å². The number of carbonyl (C=O) groups excluding carboxylic acids is 1. The smallest absolute Gasteiger partial charge is 0.317 e. The lowest BCUT2D eigenvalue weighted by Gasteiger charge is -2.30. The molecule has 0 spiro atoms. The molecule has 0 aliphatic heterocycles. The summed E-state index contributed by atoms with van der Waals surface area (Å²) in [5, 5.41) is 2.70. The van der Waals surface area contributed by atoms with E-state index in [4.69, 9.17) is 5.73 Å². The largest absolute Gasteiger partial charge is 0.335 e. The van der Waals surface area contributed by atoms with Gasteiger partial charge in [0.15, 0.2) is 0 Å². The van der Waals surface area contributed by atoms with E-state index in [-0.39, 0.29) is 19.1 Å². The number of carbonyl (C=O) groups is 1. The van der Waals surface area contributed by atoms with Crippen LogP contribution in [0.25, 0.3) is 0 Å². The molecule has 0 saturated heterocycles. The van der Waals surface area contributed by atoms with E-state index in [9.17, 15) is 13.6 Å². The van der Waals surface area contributed by atoms with Crippen molar-refractivity contribution in [3.05, 3.63) is 0 Å². The number of alkyl halides is 2. The fourth-order valence-corrected chi connectivity index (χ4v) is 1.42. The van der Waals surface area contributed by atoms with Crippen LogP contribution in [0, 0.1) is 0 Å². The van der Waals surface area contributed by atoms with Crippen LogP contribution in [-0.4, -0.2) is 43.0 Å². The molecule has 1 saturated carbocycles. The second-order valence-corrected chi connectivity index (χ2v) is 3.70. The van der Waals surface area contributed by atoms with Gasteiger partial charge in [0.25, 0.3) is 6.43 Å². The van der Waals surface area contributed by atoms with Gasteiger partial charge in [-0.05, 0) is 19.3 Å². The number of halogens is 2. The van der Waals surface area contributed by atoms with Crippen LogP contribution in [0.4, 0.5) is 13.6 Å². The van der Waals surface area contributed by atoms with Crippen molar-refractivity contribution >= 4 is 6.03 Å². The summed E-state index contributed by atoms with van der Waals surface area (Å²) < 4.78 is 24.3. The van der Waals surface area contributed by atoms with Gasteiger partial charge in [-0.15, -0.1) is 0 Å². The van der Waals surface area contributed by atoms with Crippen LogP contribution in [0.15, 0.2) is 0 Å². The zero-order valence-electron chi connectivity index (χ0n) is 8.59. The van der Waals surface area contributed by atoms with Crippen LogP contribution in [0.3, 0.4) is 0 Å². The summed E-state index contributed by atoms with van der Waals surface area (Å²) in [6.07, 6.45) is 0.466. The first-order valence-electron chi connectivity index (χ1n) is 5.17. The summed E-state index contributed by atoms with van der Waals surface area (Å²) in [6.45, 7) is -0.177. The highest BCUT2D eigenvalue weighted by molar-refractivity contribution is 5.74. The van der Waals surface area contributed by atoms with Crippen LogP contribution in [0.5, 0.6) is 0 Å². The second kappa shape index (κ2) is 5.85. The Balaban J connectivity index is 2.34. The molecule has 1 fully saturated rings. The van der Waals surface area contributed by atoms with E-state index in [1.165, 1.54) is 0 Å². The van der Waals surface area contributed by atoms with Gasteiger partial charge in [-0.25, -0.2) is 13.6 Å². The van der Waals surface area contributed by atoms with Crippen LogP contribution < -0.4 is 11.1 Å². The topological polar surface area (TPSA) is 58.4 Å². The number of hydrogen-bond donors (Lipinski definition) is 2. The van der Waals surface area contributed by atoms with Crippen molar-refractivity contribution in [2.24, 2.45) is 5.73 Å². The van der Waals surface area contributed by atoms with E-state index in [1.54, 1.807) is 0 Å². The van der Waals surface area contributed by atoms with Crippen molar-refractivity contribution in [1.82, 2.24) is 10.2 Å². The van der Waals surface area contributed by atoms with Crippen LogP contribution in [0.1, 0.15) is 19.3 Å². The Labute approximate surface area is 87.8 Å². The van der Waals surface area contributed by atoms with Gasteiger partial charge >= 0.3 is 6.03 Å². The molecule has 0 aromatic rings. The van der Waals surface area contributed by atoms with Crippen molar-refractivity contribution in [3.63, 3.8) is 0 Å². The second-order valence-electron chi connectivity index (χ2n) is 3.70. The lowest BCUT2D eigenvalue weighted by Crippen LogP contribution is -2.49. The molecule has 6 heteroatoms. The Morgan fingerprint density at radius 3 is 2.60 bits per heavy atom. The van der Waals surface area contributed by atoms with Crippen molar-refractivity contribution in [1.29, 1.82) is 0 Å². The summed E-state index contributed by atoms with van der Waals surface area (Å²) in [7, 11) is 0. The third-order valence-electron chi connectivity index (χ3n) is 2.48. The monoisotopic (exact) mass is 221 g/mol. The van der Waals surface area contributed by atoms with Gasteiger partial charge in [-0.2, -0.15) is 0 Å². The Hall–Kier alpha value is -0.910. The molecule has 0 bridgehead atoms. The number of nitrogens with two attached hydrogens (primary N) is 1. The van der Waals surface area contributed by atoms with E-state index in [0.29, 0.717) is 0 Å². The van der Waals surface area contributed by atoms with E-state index in [2.05, 4.69) is 5.32 Å². The summed E-state index contributed by atoms with van der Waals surface area (Å²) in [6, 6.07) is -0.263. The fourth-order valence-electron chi connectivity index (χ4n) is 1.42. The predicted octanol–water partition coefficient (Wildman–Crippen LogP) is 0.774. The van der Waals surface area contributed by atoms with Crippen LogP contribution in [0.2, 0.25) is 0 Å². The minimum absolute atomic E-state index is 0.162. The van der Waals surface area contributed by atoms with Crippen LogP contribution in [-0.2, 0) is 0 Å². The lowest BCUT2D eigenvalue weighted by molar-refractivity contribution is 0.0972. The maximum Gasteiger partial charge on any atom is 0.317 e. The third-order valence-corrected chi connectivity index (χ3v) is 2.48. The number of hydrogen-bond acceptors (Lipinski definition) is 2. The Morgan fingerprint density at radius 1 is 1.53 bits per heavy atom. The first-order valence-corrected chi connectivity index (χ1v) is 5.17. The van der Waals surface area contributed by atoms with Crippen LogP contribution >= 0.6 is 0 Å². The molecular weight excluding hydrogens is 204 g/mol. The molecule has 4 nitrogen and oxygen atoms in total. The highest BCUT2D eigenvalue weighted by Crippen LogP contribution is 2.18. The van der Waals surface area contributed by atoms with Gasteiger partial charge in [0.1, 0.15) is 0 Å². The maximum atomic E-state index is 12.1. The molecule has 1 rings (SSSR count). The average Bonchev–Trinajstić information content (AvgIpc) is 2.09. The highest BCUT2D eigenvalue weighted by Gasteiger charge is 2.23. The van der Waals surface area contributed by atoms with E-state index in [1.807, 2.05) is 0 Å². The van der Waals surface area contributed by atoms with E-state index >= 15 is 0 Å². The molecule has 88 valence electrons. The first kappa shape index (κ1) is 12.2. The molecule has 1 aliphatic carbocycles. The molecule has 0 aromatic heterocycles. The van der Waals surface area contributed by atoms with Crippen molar-refractivity contribution < 1.29 is 13.6 Å². The maximum absolute atomic E-state index is 12.1. The number of amides is 2. The fraction of sp³-hybridized carbons (Fsp3) is 0.889. The summed E-state index contributed by atoms with van der Waals surface area (Å²) in [5.41, 5.74) is 5.25. The molecule has 0 atom stereocenters. The standard InChI is InChI=1S/C9H17F2N3O/c10-8(11)6-14(5-4-12)9(15)13-7-2-1-3-7/h7-8H,1-6,12H2,(H,13,15). The van der Waals surface area contributed by atoms with Gasteiger partial charge in [0, 0.05) is 19.1 Å². The first-order chi connectivity index (χ1) is 7.13. The summed E-state index contributed by atoms with van der Waals surface area (Å²) in [4.78, 5) is 12.6. The third kappa shape index (κ3) is 3.99. The molecule has 3 N–H and O–H groups in total. The molecule has 2 amide bonds. The molecule has 0 radical (unpaired) electrons. The van der Waals surface area contributed by atoms with Crippen molar-refractivity contribution in [3.8, 4) is 0 Å². The minimum atomic E-state index is -2.51. The average molecular weight is 221 g/mol. The quantitative estimate of drug-likeness (QED) is 0.720. The molecular formula is C9H17F2N3O. The summed E-state index contributed by atoms with van der Waals surface area (Å²) >= 11 is 0. The highest BCUT2D eigenvalue weighted by atomic mass is 19.3. The number of rotatable bonds is 5. The lowest BCUT2D eigenvalue weighted by atomic mass is 9.93. The number of urea groups is 1. The SMILES string of the molecule is NCCN(CC(F)F)C(=O)NC1CCC1. The molecule has 0 heterocycles. The van der Waals surface area contributed by atoms with E-state index < -0.39 is 19.0 Å².